The SMILES string of the molecule is C=C/C(Cl)=C(C(=O)NC)\C(F)=C/C. The lowest BCUT2D eigenvalue weighted by Crippen LogP contribution is -2.21. The summed E-state index contributed by atoms with van der Waals surface area (Å²) in [6.07, 6.45) is 2.38. The van der Waals surface area contributed by atoms with Crippen LogP contribution in [0.4, 0.5) is 4.39 Å². The molecule has 0 fully saturated rings. The van der Waals surface area contributed by atoms with Gasteiger partial charge in [0.15, 0.2) is 0 Å². The van der Waals surface area contributed by atoms with Gasteiger partial charge in [0.2, 0.25) is 0 Å². The molecule has 4 heteroatoms. The lowest BCUT2D eigenvalue weighted by atomic mass is 10.2. The van der Waals surface area contributed by atoms with Crippen LogP contribution in [0.1, 0.15) is 6.92 Å². The maximum Gasteiger partial charge on any atom is 0.255 e. The molecule has 0 unspecified atom stereocenters. The predicted molar refractivity (Wildman–Crippen MR) is 52.0 cm³/mol. The minimum atomic E-state index is -0.663. The third-order valence-electron chi connectivity index (χ3n) is 1.36. The number of carbonyl (C=O) groups is 1. The monoisotopic (exact) mass is 203 g/mol. The van der Waals surface area contributed by atoms with E-state index in [0.717, 1.165) is 6.08 Å². The van der Waals surface area contributed by atoms with Crippen molar-refractivity contribution in [3.8, 4) is 0 Å². The number of amides is 1. The molecule has 0 rings (SSSR count). The number of carbonyl (C=O) groups excluding carboxylic acids is 1. The number of nitrogens with one attached hydrogen (secondary N) is 1. The summed E-state index contributed by atoms with van der Waals surface area (Å²) in [5, 5.41) is 2.28. The molecule has 0 saturated carbocycles. The third-order valence-corrected chi connectivity index (χ3v) is 1.71. The molecule has 0 saturated heterocycles. The van der Waals surface area contributed by atoms with E-state index < -0.39 is 11.7 Å². The fourth-order valence-corrected chi connectivity index (χ4v) is 0.878. The summed E-state index contributed by atoms with van der Waals surface area (Å²) in [6, 6.07) is 0. The molecule has 0 atom stereocenters. The Balaban J connectivity index is 5.22. The lowest BCUT2D eigenvalue weighted by molar-refractivity contribution is -0.116. The highest BCUT2D eigenvalue weighted by Crippen LogP contribution is 2.19. The maximum atomic E-state index is 13.1. The summed E-state index contributed by atoms with van der Waals surface area (Å²) in [5.41, 5.74) is -0.193. The molecule has 13 heavy (non-hydrogen) atoms. The Kier molecular flexibility index (Phi) is 5.07. The number of halogens is 2. The minimum Gasteiger partial charge on any atom is -0.355 e. The maximum absolute atomic E-state index is 13.1. The zero-order valence-electron chi connectivity index (χ0n) is 7.53. The summed E-state index contributed by atoms with van der Waals surface area (Å²) in [7, 11) is 1.40. The first kappa shape index (κ1) is 11.9. The second kappa shape index (κ2) is 5.54. The molecule has 2 nitrogen and oxygen atoms in total. The summed E-state index contributed by atoms with van der Waals surface area (Å²) in [6.45, 7) is 4.83. The van der Waals surface area contributed by atoms with E-state index >= 15 is 0 Å². The van der Waals surface area contributed by atoms with Gasteiger partial charge in [-0.15, -0.1) is 0 Å². The molecule has 1 amide bonds. The van der Waals surface area contributed by atoms with Crippen molar-refractivity contribution in [1.29, 1.82) is 0 Å². The average Bonchev–Trinajstić information content (AvgIpc) is 2.16. The Morgan fingerprint density at radius 2 is 2.15 bits per heavy atom. The molecule has 0 radical (unpaired) electrons. The first-order valence-electron chi connectivity index (χ1n) is 3.65. The van der Waals surface area contributed by atoms with Gasteiger partial charge in [-0.1, -0.05) is 24.3 Å². The van der Waals surface area contributed by atoms with Crippen molar-refractivity contribution < 1.29 is 9.18 Å². The van der Waals surface area contributed by atoms with Crippen LogP contribution in [0.25, 0.3) is 0 Å². The number of hydrogen-bond acceptors (Lipinski definition) is 1. The average molecular weight is 204 g/mol. The first-order valence-corrected chi connectivity index (χ1v) is 4.02. The normalized spacial score (nSPS) is 13.4. The van der Waals surface area contributed by atoms with Gasteiger partial charge in [0.25, 0.3) is 5.91 Å². The molecule has 0 aliphatic rings. The fraction of sp³-hybridized carbons (Fsp3) is 0.222. The van der Waals surface area contributed by atoms with E-state index in [1.54, 1.807) is 0 Å². The van der Waals surface area contributed by atoms with Crippen molar-refractivity contribution >= 4 is 17.5 Å². The van der Waals surface area contributed by atoms with Gasteiger partial charge >= 0.3 is 0 Å². The predicted octanol–water partition coefficient (Wildman–Crippen LogP) is 2.28. The summed E-state index contributed by atoms with van der Waals surface area (Å²) in [5.74, 6) is -1.23. The molecule has 0 bridgehead atoms. The van der Waals surface area contributed by atoms with Crippen LogP contribution in [-0.4, -0.2) is 13.0 Å². The van der Waals surface area contributed by atoms with Crippen LogP contribution in [0.15, 0.2) is 35.2 Å². The van der Waals surface area contributed by atoms with Crippen LogP contribution in [0.2, 0.25) is 0 Å². The molecule has 0 spiro atoms. The zero-order valence-corrected chi connectivity index (χ0v) is 8.28. The highest BCUT2D eigenvalue weighted by atomic mass is 35.5. The Hall–Kier alpha value is -1.09. The molecule has 0 aliphatic carbocycles. The van der Waals surface area contributed by atoms with Crippen LogP contribution < -0.4 is 5.32 Å². The largest absolute Gasteiger partial charge is 0.355 e. The fourth-order valence-electron chi connectivity index (χ4n) is 0.702. The van der Waals surface area contributed by atoms with Crippen molar-refractivity contribution in [3.05, 3.63) is 35.2 Å². The van der Waals surface area contributed by atoms with Gasteiger partial charge in [-0.05, 0) is 13.0 Å². The van der Waals surface area contributed by atoms with Crippen LogP contribution in [-0.2, 0) is 4.79 Å². The van der Waals surface area contributed by atoms with E-state index in [4.69, 9.17) is 11.6 Å². The van der Waals surface area contributed by atoms with Gasteiger partial charge in [0.05, 0.1) is 10.6 Å². The molecule has 0 aromatic heterocycles. The second-order valence-corrected chi connectivity index (χ2v) is 2.55. The van der Waals surface area contributed by atoms with Gasteiger partial charge in [0, 0.05) is 7.05 Å². The molecule has 0 aromatic rings. The summed E-state index contributed by atoms with van der Waals surface area (Å²) < 4.78 is 13.1. The van der Waals surface area contributed by atoms with Gasteiger partial charge in [-0.25, -0.2) is 4.39 Å². The minimum absolute atomic E-state index is 0.00468. The zero-order chi connectivity index (χ0) is 10.4. The molecule has 0 aromatic carbocycles. The molecule has 0 heterocycles. The van der Waals surface area contributed by atoms with E-state index in [9.17, 15) is 9.18 Å². The van der Waals surface area contributed by atoms with Crippen LogP contribution >= 0.6 is 11.6 Å². The van der Waals surface area contributed by atoms with E-state index in [1.807, 2.05) is 0 Å². The van der Waals surface area contributed by atoms with E-state index in [-0.39, 0.29) is 10.6 Å². The van der Waals surface area contributed by atoms with Gasteiger partial charge < -0.3 is 5.32 Å². The number of likely N-dealkylation sites (N-methyl/N-ethyl adjacent to an activating group) is 1. The van der Waals surface area contributed by atoms with Gasteiger partial charge in [0.1, 0.15) is 5.83 Å². The Morgan fingerprint density at radius 1 is 1.62 bits per heavy atom. The molecule has 0 aliphatic heterocycles. The van der Waals surface area contributed by atoms with Gasteiger partial charge in [-0.2, -0.15) is 0 Å². The molecular weight excluding hydrogens is 193 g/mol. The van der Waals surface area contributed by atoms with E-state index in [2.05, 4.69) is 11.9 Å². The Bertz CT molecular complexity index is 281. The van der Waals surface area contributed by atoms with E-state index in [0.29, 0.717) is 0 Å². The van der Waals surface area contributed by atoms with Crippen molar-refractivity contribution in [3.63, 3.8) is 0 Å². The van der Waals surface area contributed by atoms with Crippen LogP contribution in [0.3, 0.4) is 0 Å². The summed E-state index contributed by atoms with van der Waals surface area (Å²) >= 11 is 5.60. The first-order chi connectivity index (χ1) is 6.08. The van der Waals surface area contributed by atoms with Crippen LogP contribution in [0, 0.1) is 0 Å². The third kappa shape index (κ3) is 3.03. The highest BCUT2D eigenvalue weighted by Gasteiger charge is 2.15. The second-order valence-electron chi connectivity index (χ2n) is 2.14. The molecular formula is C9H11ClFNO. The van der Waals surface area contributed by atoms with Crippen molar-refractivity contribution in [1.82, 2.24) is 5.32 Å². The van der Waals surface area contributed by atoms with Crippen LogP contribution in [0.5, 0.6) is 0 Å². The van der Waals surface area contributed by atoms with Gasteiger partial charge in [-0.3, -0.25) is 4.79 Å². The number of allylic oxidation sites excluding steroid dienone is 3. The Morgan fingerprint density at radius 3 is 2.46 bits per heavy atom. The van der Waals surface area contributed by atoms with Crippen molar-refractivity contribution in [2.24, 2.45) is 0 Å². The number of rotatable bonds is 3. The highest BCUT2D eigenvalue weighted by molar-refractivity contribution is 6.34. The molecule has 72 valence electrons. The van der Waals surface area contributed by atoms with Crippen molar-refractivity contribution in [2.45, 2.75) is 6.92 Å². The van der Waals surface area contributed by atoms with Crippen molar-refractivity contribution in [2.75, 3.05) is 7.05 Å². The Labute approximate surface area is 81.8 Å². The smallest absolute Gasteiger partial charge is 0.255 e. The van der Waals surface area contributed by atoms with E-state index in [1.165, 1.54) is 20.0 Å². The lowest BCUT2D eigenvalue weighted by Gasteiger charge is -2.04. The number of hydrogen-bond donors (Lipinski definition) is 1. The quantitative estimate of drug-likeness (QED) is 0.554. The topological polar surface area (TPSA) is 29.1 Å². The molecule has 1 N–H and O–H groups in total. The summed E-state index contributed by atoms with van der Waals surface area (Å²) in [4.78, 5) is 11.1. The standard InChI is InChI=1S/C9H11ClFNO/c1-4-6(10)8(7(11)5-2)9(13)12-3/h4-5H,1H2,2-3H3,(H,12,13)/b7-5+,8-6-.